The highest BCUT2D eigenvalue weighted by atomic mass is 16.3. The van der Waals surface area contributed by atoms with E-state index in [-0.39, 0.29) is 0 Å². The van der Waals surface area contributed by atoms with Crippen molar-refractivity contribution in [3.63, 3.8) is 0 Å². The molecule has 4 heteroatoms. The van der Waals surface area contributed by atoms with E-state index in [1.807, 2.05) is 12.1 Å². The van der Waals surface area contributed by atoms with Gasteiger partial charge in [-0.25, -0.2) is 0 Å². The summed E-state index contributed by atoms with van der Waals surface area (Å²) >= 11 is 0. The molecule has 12 rings (SSSR count). The van der Waals surface area contributed by atoms with Crippen LogP contribution in [0.2, 0.25) is 0 Å². The molecular weight excluding hydrogens is 781 g/mol. The monoisotopic (exact) mass is 826 g/mol. The second kappa shape index (κ2) is 14.9. The smallest absolute Gasteiger partial charge is 0.159 e. The van der Waals surface area contributed by atoms with Crippen molar-refractivity contribution in [1.29, 1.82) is 0 Å². The quantitative estimate of drug-likeness (QED) is 0.143. The topological polar surface area (TPSA) is 32.8 Å². The molecule has 0 amide bonds. The van der Waals surface area contributed by atoms with E-state index >= 15 is 0 Å². The van der Waals surface area contributed by atoms with Crippen LogP contribution in [0.1, 0.15) is 50.7 Å². The molecule has 0 aliphatic carbocycles. The molecule has 0 fully saturated rings. The Morgan fingerprint density at radius 2 is 0.703 bits per heavy atom. The van der Waals surface area contributed by atoms with Crippen molar-refractivity contribution in [3.8, 4) is 0 Å². The van der Waals surface area contributed by atoms with Gasteiger partial charge in [0, 0.05) is 54.5 Å². The lowest BCUT2D eigenvalue weighted by molar-refractivity contribution is 0.668. The molecule has 0 spiro atoms. The summed E-state index contributed by atoms with van der Waals surface area (Å²) in [5.41, 5.74) is 12.3. The van der Waals surface area contributed by atoms with Crippen molar-refractivity contribution in [2.45, 2.75) is 39.5 Å². The zero-order chi connectivity index (χ0) is 43.1. The molecule has 0 N–H and O–H groups in total. The number of nitrogens with zero attached hydrogens (tertiary/aromatic N) is 2. The summed E-state index contributed by atoms with van der Waals surface area (Å²) in [5.74, 6) is 0.666. The minimum atomic E-state index is 0.333. The van der Waals surface area contributed by atoms with Gasteiger partial charge in [-0.15, -0.1) is 0 Å². The van der Waals surface area contributed by atoms with Crippen LogP contribution in [0.4, 0.5) is 34.1 Å². The molecule has 0 aliphatic rings. The van der Waals surface area contributed by atoms with Crippen LogP contribution in [-0.4, -0.2) is 0 Å². The maximum Gasteiger partial charge on any atom is 0.159 e. The minimum absolute atomic E-state index is 0.333. The Hall–Kier alpha value is -7.82. The zero-order valence-electron chi connectivity index (χ0n) is 36.3. The average molecular weight is 827 g/mol. The van der Waals surface area contributed by atoms with Gasteiger partial charge in [0.1, 0.15) is 11.2 Å². The third-order valence-electron chi connectivity index (χ3n) is 13.1. The highest BCUT2D eigenvalue weighted by Gasteiger charge is 2.28. The highest BCUT2D eigenvalue weighted by Crippen LogP contribution is 2.53. The first-order valence-corrected chi connectivity index (χ1v) is 22.4. The molecule has 10 aromatic carbocycles. The number of fused-ring (bicyclic) bond motifs is 9. The summed E-state index contributed by atoms with van der Waals surface area (Å²) < 4.78 is 13.8. The number of hydrogen-bond acceptors (Lipinski definition) is 4. The fraction of sp³-hybridized carbons (Fsp3) is 0.100. The van der Waals surface area contributed by atoms with Crippen LogP contribution in [-0.2, 0) is 0 Å². The summed E-state index contributed by atoms with van der Waals surface area (Å²) in [6, 6.07) is 70.4. The van der Waals surface area contributed by atoms with Gasteiger partial charge in [-0.1, -0.05) is 161 Å². The summed E-state index contributed by atoms with van der Waals surface area (Å²) in [7, 11) is 0. The molecule has 0 saturated heterocycles. The molecule has 0 saturated carbocycles. The van der Waals surface area contributed by atoms with E-state index in [2.05, 4.69) is 219 Å². The third kappa shape index (κ3) is 5.97. The lowest BCUT2D eigenvalue weighted by Crippen LogP contribution is -2.14. The summed E-state index contributed by atoms with van der Waals surface area (Å²) in [6.07, 6.45) is 0. The van der Waals surface area contributed by atoms with E-state index in [9.17, 15) is 0 Å². The normalized spacial score (nSPS) is 12.0. The molecule has 0 atom stereocenters. The Balaban J connectivity index is 1.26. The lowest BCUT2D eigenvalue weighted by atomic mass is 9.93. The lowest BCUT2D eigenvalue weighted by Gasteiger charge is -2.32. The maximum absolute atomic E-state index is 6.89. The molecule has 2 aromatic heterocycles. The van der Waals surface area contributed by atoms with Crippen LogP contribution in [0.25, 0.3) is 76.2 Å². The van der Waals surface area contributed by atoms with Gasteiger partial charge >= 0.3 is 0 Å². The first-order valence-electron chi connectivity index (χ1n) is 22.4. The van der Waals surface area contributed by atoms with Gasteiger partial charge in [0.2, 0.25) is 0 Å². The molecule has 2 heterocycles. The standard InChI is InChI=1S/C60H46N2O2/c1-37(2)39-19-13-21-43(33-39)61(53-29-15-27-49-47-25-9-11-31-55(47)63-59(49)53)57-45-23-7-5-17-41(45)36-52-51(57)35-42-18-6-8-24-46(42)58(52)62(44-22-14-20-40(34-44)38(3)4)54-30-16-28-50-48-26-10-12-32-56(48)64-60(50)54/h5-38H,1-4H3. The second-order valence-electron chi connectivity index (χ2n) is 17.7. The number of benzene rings is 10. The molecule has 308 valence electrons. The van der Waals surface area contributed by atoms with Gasteiger partial charge in [-0.05, 0) is 94.4 Å². The fourth-order valence-electron chi connectivity index (χ4n) is 9.95. The predicted octanol–water partition coefficient (Wildman–Crippen LogP) is 18.1. The average Bonchev–Trinajstić information content (AvgIpc) is 3.91. The minimum Gasteiger partial charge on any atom is -0.454 e. The Bertz CT molecular complexity index is 3530. The van der Waals surface area contributed by atoms with Crippen LogP contribution in [0.5, 0.6) is 0 Å². The number of rotatable bonds is 8. The van der Waals surface area contributed by atoms with Gasteiger partial charge in [0.25, 0.3) is 0 Å². The van der Waals surface area contributed by atoms with Crippen molar-refractivity contribution >= 4 is 110 Å². The van der Waals surface area contributed by atoms with Crippen LogP contribution in [0.3, 0.4) is 0 Å². The van der Waals surface area contributed by atoms with E-state index in [1.165, 1.54) is 11.1 Å². The van der Waals surface area contributed by atoms with E-state index in [0.717, 1.165) is 110 Å². The van der Waals surface area contributed by atoms with Crippen molar-refractivity contribution < 1.29 is 8.83 Å². The van der Waals surface area contributed by atoms with Gasteiger partial charge in [-0.2, -0.15) is 0 Å². The van der Waals surface area contributed by atoms with Crippen molar-refractivity contribution in [2.24, 2.45) is 0 Å². The van der Waals surface area contributed by atoms with Crippen LogP contribution < -0.4 is 9.80 Å². The molecular formula is C60H46N2O2. The van der Waals surface area contributed by atoms with Crippen LogP contribution in [0, 0.1) is 0 Å². The fourth-order valence-corrected chi connectivity index (χ4v) is 9.95. The second-order valence-corrected chi connectivity index (χ2v) is 17.7. The summed E-state index contributed by atoms with van der Waals surface area (Å²) in [5, 5.41) is 11.2. The molecule has 0 radical (unpaired) electrons. The van der Waals surface area contributed by atoms with E-state index in [4.69, 9.17) is 8.83 Å². The third-order valence-corrected chi connectivity index (χ3v) is 13.1. The molecule has 0 unspecified atom stereocenters. The first kappa shape index (κ1) is 37.9. The molecule has 64 heavy (non-hydrogen) atoms. The predicted molar refractivity (Wildman–Crippen MR) is 271 cm³/mol. The van der Waals surface area contributed by atoms with Crippen LogP contribution in [0.15, 0.2) is 203 Å². The van der Waals surface area contributed by atoms with Gasteiger partial charge in [0.15, 0.2) is 11.2 Å². The Morgan fingerprint density at radius 1 is 0.328 bits per heavy atom. The van der Waals surface area contributed by atoms with E-state index in [0.29, 0.717) is 11.8 Å². The Kier molecular flexibility index (Phi) is 8.84. The van der Waals surface area contributed by atoms with E-state index in [1.54, 1.807) is 0 Å². The van der Waals surface area contributed by atoms with Gasteiger partial charge in [-0.3, -0.25) is 0 Å². The Labute approximate surface area is 372 Å². The Morgan fingerprint density at radius 3 is 1.14 bits per heavy atom. The number of anilines is 6. The first-order chi connectivity index (χ1) is 31.4. The summed E-state index contributed by atoms with van der Waals surface area (Å²) in [4.78, 5) is 4.92. The molecule has 4 nitrogen and oxygen atoms in total. The van der Waals surface area contributed by atoms with E-state index < -0.39 is 0 Å². The van der Waals surface area contributed by atoms with Crippen LogP contribution >= 0.6 is 0 Å². The summed E-state index contributed by atoms with van der Waals surface area (Å²) in [6.45, 7) is 9.06. The largest absolute Gasteiger partial charge is 0.454 e. The van der Waals surface area contributed by atoms with Gasteiger partial charge in [0.05, 0.1) is 22.7 Å². The number of para-hydroxylation sites is 4. The van der Waals surface area contributed by atoms with Crippen molar-refractivity contribution in [1.82, 2.24) is 0 Å². The maximum atomic E-state index is 6.89. The molecule has 12 aromatic rings. The number of hydrogen-bond donors (Lipinski definition) is 0. The SMILES string of the molecule is CC(C)c1cccc(N(c2c3ccccc3cc3c(N(c4cccc(C(C)C)c4)c4cccc5c4oc4ccccc45)c4ccccc4cc23)c2cccc3c2oc2ccccc23)c1. The molecule has 0 aliphatic heterocycles. The van der Waals surface area contributed by atoms with Crippen molar-refractivity contribution in [3.05, 3.63) is 205 Å². The zero-order valence-corrected chi connectivity index (χ0v) is 36.3. The molecule has 0 bridgehead atoms. The number of furan rings is 2. The highest BCUT2D eigenvalue weighted by molar-refractivity contribution is 6.25. The van der Waals surface area contributed by atoms with Gasteiger partial charge < -0.3 is 18.6 Å². The van der Waals surface area contributed by atoms with Crippen molar-refractivity contribution in [2.75, 3.05) is 9.80 Å².